The van der Waals surface area contributed by atoms with Crippen molar-refractivity contribution in [3.05, 3.63) is 23.9 Å². The molecule has 1 rings (SSSR count). The summed E-state index contributed by atoms with van der Waals surface area (Å²) >= 11 is 1.68. The Morgan fingerprint density at radius 1 is 1.56 bits per heavy atom. The second-order valence-corrected chi connectivity index (χ2v) is 2.62. The van der Waals surface area contributed by atoms with E-state index in [0.29, 0.717) is 0 Å². The van der Waals surface area contributed by atoms with Crippen LogP contribution in [0.4, 0.5) is 0 Å². The largest absolute Gasteiger partial charge is 0.250 e. The summed E-state index contributed by atoms with van der Waals surface area (Å²) in [6, 6.07) is 4.02. The number of pyridine rings is 1. The molecule has 0 radical (unpaired) electrons. The summed E-state index contributed by atoms with van der Waals surface area (Å²) in [5.41, 5.74) is 1.25. The topological polar surface area (TPSA) is 12.9 Å². The fraction of sp³-hybridized carbons (Fsp3) is 0.286. The van der Waals surface area contributed by atoms with Crippen molar-refractivity contribution >= 4 is 11.8 Å². The van der Waals surface area contributed by atoms with E-state index in [-0.39, 0.29) is 0 Å². The van der Waals surface area contributed by atoms with Crippen molar-refractivity contribution in [3.8, 4) is 0 Å². The SMILES string of the molecule is CSc1ncccc1C. The molecule has 9 heavy (non-hydrogen) atoms. The highest BCUT2D eigenvalue weighted by molar-refractivity contribution is 7.98. The molecule has 0 atom stereocenters. The van der Waals surface area contributed by atoms with Gasteiger partial charge < -0.3 is 0 Å². The van der Waals surface area contributed by atoms with Crippen LogP contribution in [0.1, 0.15) is 5.56 Å². The van der Waals surface area contributed by atoms with E-state index in [4.69, 9.17) is 0 Å². The average Bonchev–Trinajstić information content (AvgIpc) is 1.89. The van der Waals surface area contributed by atoms with Crippen molar-refractivity contribution in [2.45, 2.75) is 11.9 Å². The molecule has 0 saturated carbocycles. The van der Waals surface area contributed by atoms with E-state index in [1.807, 2.05) is 18.5 Å². The molecule has 2 heteroatoms. The molecule has 0 saturated heterocycles. The standard InChI is InChI=1S/C7H9NS/c1-6-4-3-5-8-7(6)9-2/h3-5H,1-2H3. The van der Waals surface area contributed by atoms with Gasteiger partial charge in [-0.2, -0.15) is 0 Å². The third-order valence-corrected chi connectivity index (χ3v) is 1.97. The number of hydrogen-bond acceptors (Lipinski definition) is 2. The molecule has 0 fully saturated rings. The lowest BCUT2D eigenvalue weighted by Crippen LogP contribution is -1.80. The maximum absolute atomic E-state index is 4.16. The molecular formula is C7H9NS. The molecule has 0 unspecified atom stereocenters. The number of rotatable bonds is 1. The molecule has 0 spiro atoms. The lowest BCUT2D eigenvalue weighted by atomic mass is 10.3. The van der Waals surface area contributed by atoms with Crippen molar-refractivity contribution in [2.24, 2.45) is 0 Å². The summed E-state index contributed by atoms with van der Waals surface area (Å²) < 4.78 is 0. The van der Waals surface area contributed by atoms with Gasteiger partial charge in [-0.05, 0) is 24.8 Å². The number of hydrogen-bond donors (Lipinski definition) is 0. The predicted octanol–water partition coefficient (Wildman–Crippen LogP) is 2.11. The van der Waals surface area contributed by atoms with Gasteiger partial charge in [-0.25, -0.2) is 4.98 Å². The van der Waals surface area contributed by atoms with Gasteiger partial charge in [-0.3, -0.25) is 0 Å². The maximum atomic E-state index is 4.16. The van der Waals surface area contributed by atoms with E-state index in [1.54, 1.807) is 11.8 Å². The van der Waals surface area contributed by atoms with Crippen LogP contribution in [0.2, 0.25) is 0 Å². The molecule has 0 aliphatic heterocycles. The lowest BCUT2D eigenvalue weighted by molar-refractivity contribution is 1.08. The first-order chi connectivity index (χ1) is 4.34. The summed E-state index contributed by atoms with van der Waals surface area (Å²) in [6.07, 6.45) is 3.86. The smallest absolute Gasteiger partial charge is 0.0986 e. The van der Waals surface area contributed by atoms with Crippen LogP contribution in [0.3, 0.4) is 0 Å². The van der Waals surface area contributed by atoms with Crippen LogP contribution in [-0.4, -0.2) is 11.2 Å². The lowest BCUT2D eigenvalue weighted by Gasteiger charge is -1.96. The minimum atomic E-state index is 1.12. The molecule has 1 nitrogen and oxygen atoms in total. The molecule has 1 heterocycles. The van der Waals surface area contributed by atoms with Gasteiger partial charge in [-0.1, -0.05) is 6.07 Å². The Morgan fingerprint density at radius 3 is 2.78 bits per heavy atom. The monoisotopic (exact) mass is 139 g/mol. The first-order valence-electron chi connectivity index (χ1n) is 2.80. The molecule has 1 aromatic heterocycles. The van der Waals surface area contributed by atoms with Crippen LogP contribution in [0, 0.1) is 6.92 Å². The zero-order chi connectivity index (χ0) is 6.69. The molecule has 48 valence electrons. The minimum absolute atomic E-state index is 1.12. The van der Waals surface area contributed by atoms with E-state index in [1.165, 1.54) is 5.56 Å². The van der Waals surface area contributed by atoms with Gasteiger partial charge >= 0.3 is 0 Å². The Bertz CT molecular complexity index is 198. The van der Waals surface area contributed by atoms with Crippen LogP contribution < -0.4 is 0 Å². The Morgan fingerprint density at radius 2 is 2.33 bits per heavy atom. The highest BCUT2D eigenvalue weighted by Crippen LogP contribution is 2.14. The second kappa shape index (κ2) is 2.87. The number of nitrogens with zero attached hydrogens (tertiary/aromatic N) is 1. The second-order valence-electron chi connectivity index (χ2n) is 1.83. The predicted molar refractivity (Wildman–Crippen MR) is 40.8 cm³/mol. The summed E-state index contributed by atoms with van der Waals surface area (Å²) in [6.45, 7) is 2.07. The van der Waals surface area contributed by atoms with E-state index in [9.17, 15) is 0 Å². The van der Waals surface area contributed by atoms with Crippen molar-refractivity contribution in [3.63, 3.8) is 0 Å². The Balaban J connectivity index is 3.01. The van der Waals surface area contributed by atoms with Gasteiger partial charge in [0.1, 0.15) is 0 Å². The van der Waals surface area contributed by atoms with Crippen LogP contribution in [0.25, 0.3) is 0 Å². The Kier molecular flexibility index (Phi) is 2.11. The summed E-state index contributed by atoms with van der Waals surface area (Å²) in [5, 5.41) is 1.12. The third-order valence-electron chi connectivity index (χ3n) is 1.15. The van der Waals surface area contributed by atoms with Crippen molar-refractivity contribution in [1.82, 2.24) is 4.98 Å². The molecular weight excluding hydrogens is 130 g/mol. The minimum Gasteiger partial charge on any atom is -0.250 e. The fourth-order valence-corrected chi connectivity index (χ4v) is 1.24. The van der Waals surface area contributed by atoms with Gasteiger partial charge in [0.2, 0.25) is 0 Å². The normalized spacial score (nSPS) is 9.56. The fourth-order valence-electron chi connectivity index (χ4n) is 0.685. The zero-order valence-corrected chi connectivity index (χ0v) is 6.40. The highest BCUT2D eigenvalue weighted by atomic mass is 32.2. The molecule has 0 aliphatic rings. The molecule has 0 bridgehead atoms. The van der Waals surface area contributed by atoms with Crippen molar-refractivity contribution < 1.29 is 0 Å². The molecule has 0 aromatic carbocycles. The van der Waals surface area contributed by atoms with Gasteiger partial charge in [0.05, 0.1) is 5.03 Å². The first-order valence-corrected chi connectivity index (χ1v) is 4.02. The van der Waals surface area contributed by atoms with Crippen LogP contribution in [0.5, 0.6) is 0 Å². The molecule has 1 aromatic rings. The first kappa shape index (κ1) is 6.62. The average molecular weight is 139 g/mol. The number of aryl methyl sites for hydroxylation is 1. The van der Waals surface area contributed by atoms with Crippen LogP contribution in [-0.2, 0) is 0 Å². The molecule has 0 N–H and O–H groups in total. The van der Waals surface area contributed by atoms with Crippen molar-refractivity contribution in [2.75, 3.05) is 6.26 Å². The van der Waals surface area contributed by atoms with E-state index in [0.717, 1.165) is 5.03 Å². The van der Waals surface area contributed by atoms with Gasteiger partial charge in [0, 0.05) is 6.20 Å². The summed E-state index contributed by atoms with van der Waals surface area (Å²) in [4.78, 5) is 4.16. The third kappa shape index (κ3) is 1.45. The number of thioether (sulfide) groups is 1. The van der Waals surface area contributed by atoms with Crippen molar-refractivity contribution in [1.29, 1.82) is 0 Å². The van der Waals surface area contributed by atoms with Crippen LogP contribution >= 0.6 is 11.8 Å². The zero-order valence-electron chi connectivity index (χ0n) is 5.59. The van der Waals surface area contributed by atoms with Gasteiger partial charge in [-0.15, -0.1) is 11.8 Å². The molecule has 0 aliphatic carbocycles. The van der Waals surface area contributed by atoms with Gasteiger partial charge in [0.15, 0.2) is 0 Å². The molecule has 0 amide bonds. The summed E-state index contributed by atoms with van der Waals surface area (Å²) in [5.74, 6) is 0. The Hall–Kier alpha value is -0.500. The van der Waals surface area contributed by atoms with E-state index < -0.39 is 0 Å². The van der Waals surface area contributed by atoms with E-state index >= 15 is 0 Å². The quantitative estimate of drug-likeness (QED) is 0.553. The van der Waals surface area contributed by atoms with Gasteiger partial charge in [0.25, 0.3) is 0 Å². The Labute approximate surface area is 59.5 Å². The van der Waals surface area contributed by atoms with Crippen LogP contribution in [0.15, 0.2) is 23.4 Å². The number of aromatic nitrogens is 1. The van der Waals surface area contributed by atoms with E-state index in [2.05, 4.69) is 18.0 Å². The maximum Gasteiger partial charge on any atom is 0.0986 e. The highest BCUT2D eigenvalue weighted by Gasteiger charge is 1.92. The summed E-state index contributed by atoms with van der Waals surface area (Å²) in [7, 11) is 0.